The van der Waals surface area contributed by atoms with Crippen LogP contribution in [0.1, 0.15) is 11.1 Å². The molecule has 2 aromatic rings. The molecule has 2 rings (SSSR count). The summed E-state index contributed by atoms with van der Waals surface area (Å²) in [5, 5.41) is 11.0. The first-order valence-corrected chi connectivity index (χ1v) is 6.31. The van der Waals surface area contributed by atoms with Crippen LogP contribution < -0.4 is 11.2 Å². The fraction of sp³-hybridized carbons (Fsp3) is 0. The smallest absolute Gasteiger partial charge is 0.234 e. The summed E-state index contributed by atoms with van der Waals surface area (Å²) in [7, 11) is 0. The minimum absolute atomic E-state index is 0. The number of hydrogen-bond donors (Lipinski definition) is 2. The van der Waals surface area contributed by atoms with Crippen molar-refractivity contribution in [2.24, 2.45) is 21.0 Å². The van der Waals surface area contributed by atoms with Crippen molar-refractivity contribution in [3.63, 3.8) is 0 Å². The average molecular weight is 338 g/mol. The van der Waals surface area contributed by atoms with E-state index in [4.69, 9.17) is 5.73 Å². The van der Waals surface area contributed by atoms with Crippen LogP contribution in [0, 0.1) is 11.6 Å². The molecule has 23 heavy (non-hydrogen) atoms. The number of nitrogens with two attached hydrogens (primary N) is 1. The summed E-state index contributed by atoms with van der Waals surface area (Å²) in [6.07, 6.45) is 2.49. The van der Waals surface area contributed by atoms with Gasteiger partial charge in [0.1, 0.15) is 11.6 Å². The molecule has 0 atom stereocenters. The van der Waals surface area contributed by atoms with E-state index in [2.05, 4.69) is 20.7 Å². The van der Waals surface area contributed by atoms with Crippen LogP contribution in [0.2, 0.25) is 0 Å². The van der Waals surface area contributed by atoms with Gasteiger partial charge in [0.25, 0.3) is 0 Å². The van der Waals surface area contributed by atoms with Crippen LogP contribution in [0.3, 0.4) is 0 Å². The largest absolute Gasteiger partial charge is 0.367 e. The van der Waals surface area contributed by atoms with Crippen LogP contribution in [-0.2, 0) is 0 Å². The average Bonchev–Trinajstić information content (AvgIpc) is 2.51. The highest BCUT2D eigenvalue weighted by atomic mass is 35.5. The first-order chi connectivity index (χ1) is 10.7. The summed E-state index contributed by atoms with van der Waals surface area (Å²) < 4.78 is 26.6. The highest BCUT2D eigenvalue weighted by Crippen LogP contribution is 2.03. The van der Waals surface area contributed by atoms with Crippen molar-refractivity contribution >= 4 is 30.8 Å². The monoisotopic (exact) mass is 337 g/mol. The third-order valence-corrected chi connectivity index (χ3v) is 2.56. The fourth-order valence-electron chi connectivity index (χ4n) is 1.50. The Bertz CT molecular complexity index is 731. The molecule has 0 aliphatic carbocycles. The SMILES string of the molecule is Cl.N/C(=N\N=C\c1ccccc1F)N/N=C/c1ccccc1F. The van der Waals surface area contributed by atoms with Gasteiger partial charge < -0.3 is 5.73 Å². The zero-order chi connectivity index (χ0) is 15.8. The van der Waals surface area contributed by atoms with Gasteiger partial charge in [-0.2, -0.15) is 10.2 Å². The summed E-state index contributed by atoms with van der Waals surface area (Å²) in [6.45, 7) is 0. The number of rotatable bonds is 4. The highest BCUT2D eigenvalue weighted by molar-refractivity contribution is 5.85. The summed E-state index contributed by atoms with van der Waals surface area (Å²) in [5.41, 5.74) is 8.47. The van der Waals surface area contributed by atoms with Crippen molar-refractivity contribution in [2.45, 2.75) is 0 Å². The third-order valence-electron chi connectivity index (χ3n) is 2.56. The number of hydrazone groups is 1. The molecule has 0 unspecified atom stereocenters. The van der Waals surface area contributed by atoms with Gasteiger partial charge in [0.2, 0.25) is 5.96 Å². The van der Waals surface area contributed by atoms with Crippen molar-refractivity contribution < 1.29 is 8.78 Å². The molecule has 0 heterocycles. The van der Waals surface area contributed by atoms with Gasteiger partial charge in [0.05, 0.1) is 12.4 Å². The zero-order valence-corrected chi connectivity index (χ0v) is 12.7. The third kappa shape index (κ3) is 5.84. The molecule has 2 aromatic carbocycles. The number of hydrogen-bond acceptors (Lipinski definition) is 3. The number of halogens is 3. The van der Waals surface area contributed by atoms with Gasteiger partial charge in [-0.1, -0.05) is 36.4 Å². The summed E-state index contributed by atoms with van der Waals surface area (Å²) in [6, 6.07) is 12.2. The molecule has 0 saturated carbocycles. The van der Waals surface area contributed by atoms with E-state index < -0.39 is 11.6 Å². The van der Waals surface area contributed by atoms with E-state index in [1.165, 1.54) is 24.6 Å². The van der Waals surface area contributed by atoms with Gasteiger partial charge in [-0.05, 0) is 12.1 Å². The Balaban J connectivity index is 0.00000264. The molecule has 0 aromatic heterocycles. The molecule has 0 bridgehead atoms. The van der Waals surface area contributed by atoms with Crippen LogP contribution in [0.15, 0.2) is 63.8 Å². The lowest BCUT2D eigenvalue weighted by Gasteiger charge is -1.97. The van der Waals surface area contributed by atoms with Gasteiger partial charge in [-0.15, -0.1) is 17.5 Å². The van der Waals surface area contributed by atoms with Gasteiger partial charge in [-0.25, -0.2) is 14.2 Å². The maximum absolute atomic E-state index is 13.3. The zero-order valence-electron chi connectivity index (χ0n) is 11.9. The lowest BCUT2D eigenvalue weighted by Crippen LogP contribution is -2.26. The van der Waals surface area contributed by atoms with Gasteiger partial charge in [0, 0.05) is 11.1 Å². The van der Waals surface area contributed by atoms with Gasteiger partial charge >= 0.3 is 0 Å². The normalized spacial score (nSPS) is 11.7. The quantitative estimate of drug-likeness (QED) is 0.511. The predicted molar refractivity (Wildman–Crippen MR) is 90.0 cm³/mol. The number of nitrogens with zero attached hydrogens (tertiary/aromatic N) is 3. The van der Waals surface area contributed by atoms with Crippen molar-refractivity contribution in [1.82, 2.24) is 5.43 Å². The van der Waals surface area contributed by atoms with E-state index >= 15 is 0 Å². The second-order valence-corrected chi connectivity index (χ2v) is 4.14. The minimum atomic E-state index is -0.412. The summed E-state index contributed by atoms with van der Waals surface area (Å²) in [4.78, 5) is 0. The fourth-order valence-corrected chi connectivity index (χ4v) is 1.50. The summed E-state index contributed by atoms with van der Waals surface area (Å²) in [5.74, 6) is -0.924. The van der Waals surface area contributed by atoms with Crippen molar-refractivity contribution in [3.8, 4) is 0 Å². The molecule has 0 saturated heterocycles. The van der Waals surface area contributed by atoms with Crippen LogP contribution in [-0.4, -0.2) is 18.4 Å². The van der Waals surface area contributed by atoms with E-state index in [9.17, 15) is 8.78 Å². The number of benzene rings is 2. The first-order valence-electron chi connectivity index (χ1n) is 6.31. The molecule has 8 heteroatoms. The molecule has 3 N–H and O–H groups in total. The van der Waals surface area contributed by atoms with Crippen molar-refractivity contribution in [3.05, 3.63) is 71.3 Å². The minimum Gasteiger partial charge on any atom is -0.367 e. The molecule has 0 aliphatic heterocycles. The molecular weight excluding hydrogens is 324 g/mol. The Hall–Kier alpha value is -2.80. The van der Waals surface area contributed by atoms with Crippen LogP contribution in [0.4, 0.5) is 8.78 Å². The maximum Gasteiger partial charge on any atom is 0.234 e. The van der Waals surface area contributed by atoms with Crippen molar-refractivity contribution in [2.75, 3.05) is 0 Å². The Morgan fingerprint density at radius 1 is 0.913 bits per heavy atom. The predicted octanol–water partition coefficient (Wildman–Crippen LogP) is 2.66. The standard InChI is InChI=1S/C15H13F2N5.ClH/c16-13-7-3-1-5-11(13)9-19-21-15(18)22-20-10-12-6-2-4-8-14(12)17;/h1-10H,(H3,18,21,22);1H/b19-9+,20-10+;. The van der Waals surface area contributed by atoms with Gasteiger partial charge in [-0.3, -0.25) is 0 Å². The molecule has 5 nitrogen and oxygen atoms in total. The van der Waals surface area contributed by atoms with E-state index in [0.29, 0.717) is 5.56 Å². The van der Waals surface area contributed by atoms with Gasteiger partial charge in [0.15, 0.2) is 0 Å². The second kappa shape index (κ2) is 9.26. The first kappa shape index (κ1) is 18.2. The Labute approximate surface area is 138 Å². The lowest BCUT2D eigenvalue weighted by atomic mass is 10.2. The molecule has 0 fully saturated rings. The summed E-state index contributed by atoms with van der Waals surface area (Å²) >= 11 is 0. The van der Waals surface area contributed by atoms with E-state index in [0.717, 1.165) is 0 Å². The van der Waals surface area contributed by atoms with Crippen LogP contribution >= 0.6 is 12.4 Å². The molecule has 0 aliphatic rings. The van der Waals surface area contributed by atoms with Crippen LogP contribution in [0.5, 0.6) is 0 Å². The highest BCUT2D eigenvalue weighted by Gasteiger charge is 1.96. The van der Waals surface area contributed by atoms with E-state index in [1.807, 2.05) is 0 Å². The number of nitrogens with one attached hydrogen (secondary N) is 1. The Morgan fingerprint density at radius 3 is 2.00 bits per heavy atom. The molecule has 0 spiro atoms. The lowest BCUT2D eigenvalue weighted by molar-refractivity contribution is 0.625. The molecule has 0 amide bonds. The van der Waals surface area contributed by atoms with Crippen LogP contribution in [0.25, 0.3) is 0 Å². The Morgan fingerprint density at radius 2 is 1.43 bits per heavy atom. The second-order valence-electron chi connectivity index (χ2n) is 4.14. The molecule has 0 radical (unpaired) electrons. The molecular formula is C15H14ClF2N5. The van der Waals surface area contributed by atoms with E-state index in [1.54, 1.807) is 36.4 Å². The molecule has 120 valence electrons. The van der Waals surface area contributed by atoms with E-state index in [-0.39, 0.29) is 23.9 Å². The Kier molecular flexibility index (Phi) is 7.35. The van der Waals surface area contributed by atoms with Crippen molar-refractivity contribution in [1.29, 1.82) is 0 Å². The number of guanidine groups is 1. The maximum atomic E-state index is 13.3. The topological polar surface area (TPSA) is 75.1 Å².